The average molecular weight is 473 g/mol. The molecule has 33 heavy (non-hydrogen) atoms. The first-order chi connectivity index (χ1) is 15.9. The molecule has 1 atom stereocenters. The summed E-state index contributed by atoms with van der Waals surface area (Å²) < 4.78 is 33.8. The molecule has 1 aliphatic carbocycles. The fourth-order valence-electron chi connectivity index (χ4n) is 4.64. The fourth-order valence-corrected chi connectivity index (χ4v) is 6.41. The van der Waals surface area contributed by atoms with Crippen molar-refractivity contribution in [2.45, 2.75) is 62.9 Å². The van der Waals surface area contributed by atoms with E-state index in [0.29, 0.717) is 30.1 Å². The number of fused-ring (bicyclic) bond motifs is 1. The number of carbonyl (C=O) groups excluding carboxylic acids is 1. The molecule has 1 aliphatic heterocycles. The normalized spacial score (nSPS) is 19.4. The molecule has 178 valence electrons. The number of ether oxygens (including phenoxy) is 1. The van der Waals surface area contributed by atoms with Gasteiger partial charge in [-0.05, 0) is 73.9 Å². The minimum Gasteiger partial charge on any atom is -0.483 e. The Morgan fingerprint density at radius 3 is 2.64 bits per heavy atom. The van der Waals surface area contributed by atoms with Crippen molar-refractivity contribution in [3.05, 3.63) is 53.1 Å². The molecule has 0 unspecified atom stereocenters. The summed E-state index contributed by atoms with van der Waals surface area (Å²) in [5, 5.41) is 13.0. The maximum absolute atomic E-state index is 13.2. The Balaban J connectivity index is 1.45. The largest absolute Gasteiger partial charge is 0.483 e. The predicted molar refractivity (Wildman–Crippen MR) is 127 cm³/mol. The molecule has 0 radical (unpaired) electrons. The van der Waals surface area contributed by atoms with Gasteiger partial charge in [0.1, 0.15) is 5.75 Å². The van der Waals surface area contributed by atoms with Crippen LogP contribution in [0.15, 0.2) is 41.3 Å². The average Bonchev–Trinajstić information content (AvgIpc) is 3.09. The van der Waals surface area contributed by atoms with E-state index in [-0.39, 0.29) is 17.4 Å². The van der Waals surface area contributed by atoms with Gasteiger partial charge in [-0.25, -0.2) is 8.42 Å². The van der Waals surface area contributed by atoms with Crippen LogP contribution in [0.3, 0.4) is 0 Å². The minimum atomic E-state index is -3.62. The van der Waals surface area contributed by atoms with Gasteiger partial charge < -0.3 is 15.2 Å². The summed E-state index contributed by atoms with van der Waals surface area (Å²) in [6, 6.07) is 10.5. The number of nitrogens with zero attached hydrogens (tertiary/aromatic N) is 1. The van der Waals surface area contributed by atoms with Gasteiger partial charge in [-0.1, -0.05) is 31.0 Å². The summed E-state index contributed by atoms with van der Waals surface area (Å²) in [6.45, 7) is 2.63. The number of benzene rings is 2. The van der Waals surface area contributed by atoms with Crippen molar-refractivity contribution in [2.24, 2.45) is 0 Å². The molecule has 4 rings (SSSR count). The molecule has 0 bridgehead atoms. The maximum atomic E-state index is 13.2. The molecule has 1 saturated heterocycles. The Kier molecular flexibility index (Phi) is 7.36. The van der Waals surface area contributed by atoms with Gasteiger partial charge in [0.2, 0.25) is 10.0 Å². The fraction of sp³-hybridized carbons (Fsp3) is 0.480. The van der Waals surface area contributed by atoms with E-state index in [4.69, 9.17) is 4.74 Å². The van der Waals surface area contributed by atoms with Gasteiger partial charge in [0.25, 0.3) is 5.91 Å². The third kappa shape index (κ3) is 5.39. The second-order valence-corrected chi connectivity index (χ2v) is 10.8. The lowest BCUT2D eigenvalue weighted by atomic mass is 9.89. The molecule has 0 aromatic heterocycles. The van der Waals surface area contributed by atoms with Gasteiger partial charge in [0.05, 0.1) is 11.0 Å². The van der Waals surface area contributed by atoms with Crippen LogP contribution in [0.1, 0.15) is 61.3 Å². The Morgan fingerprint density at radius 2 is 1.88 bits per heavy atom. The smallest absolute Gasteiger partial charge is 0.262 e. The lowest BCUT2D eigenvalue weighted by molar-refractivity contribution is -0.118. The van der Waals surface area contributed by atoms with Crippen LogP contribution < -0.4 is 10.1 Å². The molecule has 7 nitrogen and oxygen atoms in total. The Bertz CT molecular complexity index is 1110. The van der Waals surface area contributed by atoms with Gasteiger partial charge in [0.15, 0.2) is 6.61 Å². The zero-order valence-electron chi connectivity index (χ0n) is 19.0. The van der Waals surface area contributed by atoms with E-state index in [1.807, 2.05) is 18.2 Å². The van der Waals surface area contributed by atoms with Crippen LogP contribution in [0.25, 0.3) is 0 Å². The molecule has 0 saturated carbocycles. The first-order valence-corrected chi connectivity index (χ1v) is 13.1. The Morgan fingerprint density at radius 1 is 1.12 bits per heavy atom. The quantitative estimate of drug-likeness (QED) is 0.664. The number of carbonyl (C=O) groups is 1. The summed E-state index contributed by atoms with van der Waals surface area (Å²) in [6.07, 6.45) is 5.74. The van der Waals surface area contributed by atoms with E-state index < -0.39 is 16.1 Å². The summed E-state index contributed by atoms with van der Waals surface area (Å²) in [7, 11) is -3.62. The number of aryl methyl sites for hydroxylation is 1. The lowest BCUT2D eigenvalue weighted by Gasteiger charge is -2.23. The number of sulfonamides is 1. The molecular formula is C25H32N2O5S. The molecule has 8 heteroatoms. The summed E-state index contributed by atoms with van der Waals surface area (Å²) in [5.74, 6) is 0.237. The van der Waals surface area contributed by atoms with E-state index in [1.54, 1.807) is 23.4 Å². The monoisotopic (exact) mass is 472 g/mol. The van der Waals surface area contributed by atoms with Crippen LogP contribution >= 0.6 is 0 Å². The van der Waals surface area contributed by atoms with Crippen molar-refractivity contribution in [1.29, 1.82) is 0 Å². The van der Waals surface area contributed by atoms with E-state index in [1.165, 1.54) is 6.07 Å². The van der Waals surface area contributed by atoms with Crippen molar-refractivity contribution in [2.75, 3.05) is 25.0 Å². The highest BCUT2D eigenvalue weighted by atomic mass is 32.2. The van der Waals surface area contributed by atoms with Crippen LogP contribution in [-0.4, -0.2) is 43.4 Å². The Hall–Kier alpha value is -2.42. The predicted octanol–water partition coefficient (Wildman–Crippen LogP) is 3.95. The van der Waals surface area contributed by atoms with Gasteiger partial charge in [-0.2, -0.15) is 4.31 Å². The van der Waals surface area contributed by atoms with Crippen molar-refractivity contribution in [3.63, 3.8) is 0 Å². The van der Waals surface area contributed by atoms with Gasteiger partial charge in [-0.3, -0.25) is 4.79 Å². The molecular weight excluding hydrogens is 440 g/mol. The van der Waals surface area contributed by atoms with Gasteiger partial charge >= 0.3 is 0 Å². The van der Waals surface area contributed by atoms with Gasteiger partial charge in [0, 0.05) is 18.8 Å². The number of anilines is 1. The summed E-state index contributed by atoms with van der Waals surface area (Å²) in [5.41, 5.74) is 2.89. The highest BCUT2D eigenvalue weighted by molar-refractivity contribution is 7.89. The Labute approximate surface area is 195 Å². The molecule has 1 fully saturated rings. The number of aliphatic hydroxyl groups is 1. The van der Waals surface area contributed by atoms with Crippen LogP contribution in [0, 0.1) is 6.92 Å². The van der Waals surface area contributed by atoms with E-state index in [0.717, 1.165) is 56.1 Å². The molecule has 2 aromatic rings. The van der Waals surface area contributed by atoms with Crippen molar-refractivity contribution in [1.82, 2.24) is 4.31 Å². The lowest BCUT2D eigenvalue weighted by Crippen LogP contribution is -2.32. The highest BCUT2D eigenvalue weighted by Gasteiger charge is 2.27. The van der Waals surface area contributed by atoms with Crippen LogP contribution in [0.4, 0.5) is 5.69 Å². The number of hydrogen-bond donors (Lipinski definition) is 2. The maximum Gasteiger partial charge on any atom is 0.262 e. The molecule has 2 aromatic carbocycles. The molecule has 0 spiro atoms. The number of aliphatic hydroxyl groups excluding tert-OH is 1. The number of nitrogens with one attached hydrogen (secondary N) is 1. The second-order valence-electron chi connectivity index (χ2n) is 8.87. The van der Waals surface area contributed by atoms with E-state index in [2.05, 4.69) is 5.32 Å². The number of hydrogen-bond acceptors (Lipinski definition) is 5. The number of amides is 1. The SMILES string of the molecule is Cc1ccc(NC(=O)COc2cccc3c2CCC[C@@H]3O)cc1S(=O)(=O)N1CCCCCC1. The molecule has 1 heterocycles. The van der Waals surface area contributed by atoms with Crippen LogP contribution in [0.5, 0.6) is 5.75 Å². The summed E-state index contributed by atoms with van der Waals surface area (Å²) >= 11 is 0. The summed E-state index contributed by atoms with van der Waals surface area (Å²) in [4.78, 5) is 12.8. The zero-order chi connectivity index (χ0) is 23.4. The topological polar surface area (TPSA) is 95.9 Å². The van der Waals surface area contributed by atoms with Crippen LogP contribution in [-0.2, 0) is 21.2 Å². The van der Waals surface area contributed by atoms with E-state index in [9.17, 15) is 18.3 Å². The first kappa shape index (κ1) is 23.7. The van der Waals surface area contributed by atoms with E-state index >= 15 is 0 Å². The third-order valence-corrected chi connectivity index (χ3v) is 8.49. The number of rotatable bonds is 6. The minimum absolute atomic E-state index is 0.200. The third-order valence-electron chi connectivity index (χ3n) is 6.45. The van der Waals surface area contributed by atoms with Crippen molar-refractivity contribution < 1.29 is 23.1 Å². The van der Waals surface area contributed by atoms with Crippen LogP contribution in [0.2, 0.25) is 0 Å². The zero-order valence-corrected chi connectivity index (χ0v) is 19.9. The standard InChI is InChI=1S/C25H32N2O5S/c1-18-12-13-19(16-24(18)33(30,31)27-14-4-2-3-5-15-27)26-25(29)17-32-23-11-7-8-20-21(23)9-6-10-22(20)28/h7-8,11-13,16,22,28H,2-6,9-10,14-15,17H2,1H3,(H,26,29)/t22-/m0/s1. The van der Waals surface area contributed by atoms with Crippen molar-refractivity contribution >= 4 is 21.6 Å². The molecule has 2 aliphatic rings. The first-order valence-electron chi connectivity index (χ1n) is 11.7. The molecule has 2 N–H and O–H groups in total. The molecule has 1 amide bonds. The van der Waals surface area contributed by atoms with Gasteiger partial charge in [-0.15, -0.1) is 0 Å². The highest BCUT2D eigenvalue weighted by Crippen LogP contribution is 2.35. The second kappa shape index (κ2) is 10.2. The van der Waals surface area contributed by atoms with Crippen molar-refractivity contribution in [3.8, 4) is 5.75 Å².